The van der Waals surface area contributed by atoms with Crippen molar-refractivity contribution in [3.63, 3.8) is 0 Å². The van der Waals surface area contributed by atoms with E-state index in [1.54, 1.807) is 19.4 Å². The number of aliphatic hydroxyl groups is 1. The largest absolute Gasteiger partial charge is 0.464 e. The molecule has 2 aromatic carbocycles. The number of rotatable bonds is 5. The van der Waals surface area contributed by atoms with Crippen LogP contribution in [0.3, 0.4) is 0 Å². The molecule has 0 aliphatic rings. The van der Waals surface area contributed by atoms with Crippen molar-refractivity contribution >= 4 is 27.8 Å². The molecule has 6 heteroatoms. The summed E-state index contributed by atoms with van der Waals surface area (Å²) in [5, 5.41) is 10.7. The van der Waals surface area contributed by atoms with Crippen LogP contribution >= 0.6 is 0 Å². The van der Waals surface area contributed by atoms with E-state index in [0.29, 0.717) is 22.3 Å². The van der Waals surface area contributed by atoms with Gasteiger partial charge in [0.15, 0.2) is 0 Å². The van der Waals surface area contributed by atoms with Crippen LogP contribution in [-0.2, 0) is 11.2 Å². The van der Waals surface area contributed by atoms with Gasteiger partial charge in [-0.25, -0.2) is 4.79 Å². The van der Waals surface area contributed by atoms with Crippen LogP contribution in [0.1, 0.15) is 11.1 Å². The summed E-state index contributed by atoms with van der Waals surface area (Å²) >= 11 is 0. The smallest absolute Gasteiger partial charge is 0.340 e. The molecule has 0 unspecified atom stereocenters. The summed E-state index contributed by atoms with van der Waals surface area (Å²) in [6.45, 7) is 1.91. The van der Waals surface area contributed by atoms with E-state index in [1.807, 2.05) is 43.3 Å². The molecule has 0 radical (unpaired) electrons. The molecule has 4 rings (SSSR count). The minimum absolute atomic E-state index is 0.0738. The fraction of sp³-hybridized carbons (Fsp3) is 0.217. The van der Waals surface area contributed by atoms with Crippen LogP contribution in [0.4, 0.5) is 0 Å². The molecule has 0 bridgehead atoms. The third-order valence-electron chi connectivity index (χ3n) is 5.26. The zero-order valence-corrected chi connectivity index (χ0v) is 16.3. The van der Waals surface area contributed by atoms with Gasteiger partial charge in [0.2, 0.25) is 5.91 Å². The second kappa shape index (κ2) is 7.56. The summed E-state index contributed by atoms with van der Waals surface area (Å²) in [5.74, 6) is -0.247. The fourth-order valence-corrected chi connectivity index (χ4v) is 3.52. The molecule has 0 atom stereocenters. The Labute approximate surface area is 167 Å². The third-order valence-corrected chi connectivity index (χ3v) is 5.26. The van der Waals surface area contributed by atoms with Gasteiger partial charge in [-0.2, -0.15) is 0 Å². The number of carbonyl (C=O) groups is 1. The van der Waals surface area contributed by atoms with Crippen molar-refractivity contribution in [3.8, 4) is 11.1 Å². The number of amides is 1. The Hall–Kier alpha value is -3.38. The van der Waals surface area contributed by atoms with Crippen LogP contribution in [0, 0.1) is 6.92 Å². The molecule has 4 aromatic rings. The number of fused-ring (bicyclic) bond motifs is 2. The van der Waals surface area contributed by atoms with Gasteiger partial charge in [0.05, 0.1) is 24.9 Å². The first-order chi connectivity index (χ1) is 14.0. The molecule has 6 nitrogen and oxygen atoms in total. The second-order valence-corrected chi connectivity index (χ2v) is 7.07. The predicted octanol–water partition coefficient (Wildman–Crippen LogP) is 3.51. The molecule has 29 heavy (non-hydrogen) atoms. The van der Waals surface area contributed by atoms with Gasteiger partial charge < -0.3 is 18.8 Å². The van der Waals surface area contributed by atoms with Crippen LogP contribution in [0.5, 0.6) is 0 Å². The second-order valence-electron chi connectivity index (χ2n) is 7.07. The predicted molar refractivity (Wildman–Crippen MR) is 111 cm³/mol. The van der Waals surface area contributed by atoms with Crippen LogP contribution in [0.25, 0.3) is 33.1 Å². The standard InChI is InChI=1S/C23H21NO5/c1-14-16-10-18-19(15-6-4-3-5-7-15)13-28-20(18)12-21(16)29-23(27)17(14)11-22(26)24(2)8-9-25/h3-7,10,12-13,25H,8-9,11H2,1-2H3. The van der Waals surface area contributed by atoms with Gasteiger partial charge in [-0.15, -0.1) is 0 Å². The lowest BCUT2D eigenvalue weighted by Gasteiger charge is -2.16. The van der Waals surface area contributed by atoms with Crippen molar-refractivity contribution in [2.75, 3.05) is 20.2 Å². The van der Waals surface area contributed by atoms with E-state index in [9.17, 15) is 9.59 Å². The van der Waals surface area contributed by atoms with Gasteiger partial charge in [0.25, 0.3) is 0 Å². The number of aryl methyl sites for hydroxylation is 1. The average molecular weight is 391 g/mol. The molecule has 148 valence electrons. The lowest BCUT2D eigenvalue weighted by atomic mass is 9.99. The van der Waals surface area contributed by atoms with E-state index in [1.165, 1.54) is 4.90 Å². The monoisotopic (exact) mass is 391 g/mol. The normalized spacial score (nSPS) is 11.3. The van der Waals surface area contributed by atoms with Crippen molar-refractivity contribution in [1.82, 2.24) is 4.90 Å². The zero-order valence-electron chi connectivity index (χ0n) is 16.3. The summed E-state index contributed by atoms with van der Waals surface area (Å²) in [7, 11) is 1.59. The number of nitrogens with zero attached hydrogens (tertiary/aromatic N) is 1. The molecule has 0 fully saturated rings. The lowest BCUT2D eigenvalue weighted by Crippen LogP contribution is -2.32. The molecule has 0 spiro atoms. The van der Waals surface area contributed by atoms with Crippen LogP contribution in [-0.4, -0.2) is 36.1 Å². The summed E-state index contributed by atoms with van der Waals surface area (Å²) < 4.78 is 11.2. The topological polar surface area (TPSA) is 83.9 Å². The number of furan rings is 1. The number of benzene rings is 2. The number of carbonyl (C=O) groups excluding carboxylic acids is 1. The molecule has 1 amide bonds. The molecule has 0 aliphatic heterocycles. The summed E-state index contributed by atoms with van der Waals surface area (Å²) in [5.41, 5.74) is 3.55. The number of likely N-dealkylation sites (N-methyl/N-ethyl adjacent to an activating group) is 1. The van der Waals surface area contributed by atoms with E-state index >= 15 is 0 Å². The average Bonchev–Trinajstić information content (AvgIpc) is 3.13. The Bertz CT molecular complexity index is 1250. The van der Waals surface area contributed by atoms with Gasteiger partial charge in [-0.1, -0.05) is 30.3 Å². The Morgan fingerprint density at radius 2 is 1.86 bits per heavy atom. The number of hydrogen-bond acceptors (Lipinski definition) is 5. The molecule has 0 aliphatic carbocycles. The van der Waals surface area contributed by atoms with Crippen molar-refractivity contribution in [2.45, 2.75) is 13.3 Å². The Balaban J connectivity index is 1.85. The number of hydrogen-bond donors (Lipinski definition) is 1. The van der Waals surface area contributed by atoms with Gasteiger partial charge >= 0.3 is 5.63 Å². The van der Waals surface area contributed by atoms with Crippen molar-refractivity contribution in [1.29, 1.82) is 0 Å². The maximum Gasteiger partial charge on any atom is 0.340 e. The minimum Gasteiger partial charge on any atom is -0.464 e. The van der Waals surface area contributed by atoms with Crippen LogP contribution in [0.2, 0.25) is 0 Å². The highest BCUT2D eigenvalue weighted by Gasteiger charge is 2.19. The first kappa shape index (κ1) is 19.0. The van der Waals surface area contributed by atoms with Crippen molar-refractivity contribution in [3.05, 3.63) is 70.3 Å². The summed E-state index contributed by atoms with van der Waals surface area (Å²) in [6.07, 6.45) is 1.62. The Kier molecular flexibility index (Phi) is 4.94. The summed E-state index contributed by atoms with van der Waals surface area (Å²) in [6, 6.07) is 13.6. The zero-order chi connectivity index (χ0) is 20.5. The first-order valence-corrected chi connectivity index (χ1v) is 9.37. The van der Waals surface area contributed by atoms with Crippen molar-refractivity contribution in [2.24, 2.45) is 0 Å². The fourth-order valence-electron chi connectivity index (χ4n) is 3.52. The maximum atomic E-state index is 12.5. The van der Waals surface area contributed by atoms with E-state index in [-0.39, 0.29) is 25.5 Å². The Morgan fingerprint density at radius 1 is 1.10 bits per heavy atom. The van der Waals surface area contributed by atoms with E-state index in [2.05, 4.69) is 0 Å². The van der Waals surface area contributed by atoms with Gasteiger partial charge in [0, 0.05) is 36.0 Å². The molecule has 2 aromatic heterocycles. The molecule has 0 saturated heterocycles. The lowest BCUT2D eigenvalue weighted by molar-refractivity contribution is -0.129. The highest BCUT2D eigenvalue weighted by Crippen LogP contribution is 2.34. The Morgan fingerprint density at radius 3 is 2.59 bits per heavy atom. The molecule has 2 heterocycles. The molecule has 1 N–H and O–H groups in total. The molecular weight excluding hydrogens is 370 g/mol. The minimum atomic E-state index is -0.532. The maximum absolute atomic E-state index is 12.5. The SMILES string of the molecule is Cc1c(CC(=O)N(C)CCO)c(=O)oc2cc3occ(-c4ccccc4)c3cc12. The molecular formula is C23H21NO5. The van der Waals surface area contributed by atoms with Crippen molar-refractivity contribution < 1.29 is 18.7 Å². The van der Waals surface area contributed by atoms with Crippen LogP contribution in [0.15, 0.2) is 62.4 Å². The molecule has 0 saturated carbocycles. The first-order valence-electron chi connectivity index (χ1n) is 9.37. The quantitative estimate of drug-likeness (QED) is 0.527. The highest BCUT2D eigenvalue weighted by molar-refractivity contribution is 6.02. The van der Waals surface area contributed by atoms with E-state index in [4.69, 9.17) is 13.9 Å². The highest BCUT2D eigenvalue weighted by atomic mass is 16.4. The summed E-state index contributed by atoms with van der Waals surface area (Å²) in [4.78, 5) is 26.3. The van der Waals surface area contributed by atoms with Gasteiger partial charge in [0.1, 0.15) is 11.2 Å². The van der Waals surface area contributed by atoms with E-state index < -0.39 is 5.63 Å². The van der Waals surface area contributed by atoms with E-state index in [0.717, 1.165) is 21.9 Å². The number of aliphatic hydroxyl groups excluding tert-OH is 1. The third kappa shape index (κ3) is 3.43. The van der Waals surface area contributed by atoms with Crippen LogP contribution < -0.4 is 5.63 Å². The van der Waals surface area contributed by atoms with Gasteiger partial charge in [-0.05, 0) is 24.1 Å². The van der Waals surface area contributed by atoms with Gasteiger partial charge in [-0.3, -0.25) is 4.79 Å².